The van der Waals surface area contributed by atoms with E-state index in [-0.39, 0.29) is 5.54 Å². The minimum atomic E-state index is 0.0482. The topological polar surface area (TPSA) is 30.7 Å². The Morgan fingerprint density at radius 1 is 1.05 bits per heavy atom. The van der Waals surface area contributed by atoms with Crippen LogP contribution in [-0.4, -0.2) is 15.0 Å². The summed E-state index contributed by atoms with van der Waals surface area (Å²) in [7, 11) is 0. The minimum Gasteiger partial charge on any atom is -0.244 e. The van der Waals surface area contributed by atoms with Crippen LogP contribution in [0.5, 0.6) is 0 Å². The Morgan fingerprint density at radius 3 is 2.32 bits per heavy atom. The van der Waals surface area contributed by atoms with Gasteiger partial charge in [0.25, 0.3) is 0 Å². The molecule has 2 aliphatic carbocycles. The number of nitrogens with zero attached hydrogens (tertiary/aromatic N) is 3. The molecule has 19 heavy (non-hydrogen) atoms. The maximum Gasteiger partial charge on any atom is 0.0859 e. The van der Waals surface area contributed by atoms with Crippen LogP contribution >= 0.6 is 0 Å². The van der Waals surface area contributed by atoms with Gasteiger partial charge in [-0.25, -0.2) is 4.68 Å². The highest BCUT2D eigenvalue weighted by atomic mass is 15.5. The van der Waals surface area contributed by atoms with Crippen molar-refractivity contribution in [1.29, 1.82) is 0 Å². The molecule has 1 heterocycles. The molecular formula is C16H27N3. The van der Waals surface area contributed by atoms with Crippen molar-refractivity contribution in [2.45, 2.75) is 66.3 Å². The third-order valence-corrected chi connectivity index (χ3v) is 4.95. The minimum absolute atomic E-state index is 0.0482. The van der Waals surface area contributed by atoms with E-state index < -0.39 is 0 Å². The van der Waals surface area contributed by atoms with E-state index in [1.54, 1.807) is 0 Å². The largest absolute Gasteiger partial charge is 0.244 e. The number of hydrogen-bond acceptors (Lipinski definition) is 2. The van der Waals surface area contributed by atoms with Crippen LogP contribution < -0.4 is 0 Å². The summed E-state index contributed by atoms with van der Waals surface area (Å²) in [5.74, 6) is 2.67. The molecule has 0 radical (unpaired) electrons. The lowest BCUT2D eigenvalue weighted by Crippen LogP contribution is -2.26. The Morgan fingerprint density at radius 2 is 1.74 bits per heavy atom. The monoisotopic (exact) mass is 261 g/mol. The van der Waals surface area contributed by atoms with Gasteiger partial charge in [0.1, 0.15) is 0 Å². The van der Waals surface area contributed by atoms with Gasteiger partial charge in [0.15, 0.2) is 0 Å². The van der Waals surface area contributed by atoms with Gasteiger partial charge in [-0.15, -0.1) is 5.10 Å². The zero-order valence-corrected chi connectivity index (χ0v) is 13.2. The summed E-state index contributed by atoms with van der Waals surface area (Å²) in [5, 5.41) is 8.86. The lowest BCUT2D eigenvalue weighted by molar-refractivity contribution is 0.306. The van der Waals surface area contributed by atoms with Crippen LogP contribution in [0.15, 0.2) is 0 Å². The predicted molar refractivity (Wildman–Crippen MR) is 77.0 cm³/mol. The third kappa shape index (κ3) is 2.11. The molecule has 0 aromatic carbocycles. The summed E-state index contributed by atoms with van der Waals surface area (Å²) in [6.45, 7) is 13.8. The van der Waals surface area contributed by atoms with E-state index in [0.717, 1.165) is 24.2 Å². The van der Waals surface area contributed by atoms with Crippen LogP contribution in [0.3, 0.4) is 0 Å². The molecule has 106 valence electrons. The highest BCUT2D eigenvalue weighted by Crippen LogP contribution is 2.60. The Labute approximate surface area is 116 Å². The normalized spacial score (nSPS) is 30.5. The van der Waals surface area contributed by atoms with E-state index in [2.05, 4.69) is 56.5 Å². The molecule has 1 aromatic rings. The summed E-state index contributed by atoms with van der Waals surface area (Å²) in [5.41, 5.74) is 3.17. The Bertz CT molecular complexity index is 487. The Kier molecular flexibility index (Phi) is 2.65. The zero-order chi connectivity index (χ0) is 14.0. The molecule has 1 aromatic heterocycles. The van der Waals surface area contributed by atoms with Crippen LogP contribution in [0.1, 0.15) is 59.4 Å². The van der Waals surface area contributed by atoms with Crippen molar-refractivity contribution in [3.05, 3.63) is 11.4 Å². The molecule has 3 heteroatoms. The lowest BCUT2D eigenvalue weighted by Gasteiger charge is -2.23. The smallest absolute Gasteiger partial charge is 0.0859 e. The average molecular weight is 261 g/mol. The van der Waals surface area contributed by atoms with Crippen molar-refractivity contribution in [2.24, 2.45) is 23.2 Å². The molecule has 0 saturated heterocycles. The van der Waals surface area contributed by atoms with Crippen molar-refractivity contribution in [3.63, 3.8) is 0 Å². The second-order valence-electron chi connectivity index (χ2n) is 8.53. The van der Waals surface area contributed by atoms with Crippen molar-refractivity contribution in [3.8, 4) is 0 Å². The van der Waals surface area contributed by atoms with Crippen LogP contribution in [0.2, 0.25) is 0 Å². The summed E-state index contributed by atoms with van der Waals surface area (Å²) in [4.78, 5) is 0. The fourth-order valence-corrected chi connectivity index (χ4v) is 4.20. The summed E-state index contributed by atoms with van der Waals surface area (Å²) < 4.78 is 2.17. The van der Waals surface area contributed by atoms with E-state index >= 15 is 0 Å². The van der Waals surface area contributed by atoms with E-state index in [1.807, 2.05) is 0 Å². The highest BCUT2D eigenvalue weighted by molar-refractivity contribution is 5.21. The van der Waals surface area contributed by atoms with Gasteiger partial charge in [-0.3, -0.25) is 0 Å². The van der Waals surface area contributed by atoms with Gasteiger partial charge in [0.05, 0.1) is 16.9 Å². The number of aromatic nitrogens is 3. The molecule has 2 aliphatic rings. The predicted octanol–water partition coefficient (Wildman–Crippen LogP) is 3.43. The maximum absolute atomic E-state index is 4.44. The molecular weight excluding hydrogens is 234 g/mol. The lowest BCUT2D eigenvalue weighted by atomic mass is 9.86. The van der Waals surface area contributed by atoms with Crippen LogP contribution in [-0.2, 0) is 18.4 Å². The number of rotatable bonds is 0. The second kappa shape index (κ2) is 3.83. The molecule has 0 bridgehead atoms. The summed E-state index contributed by atoms with van der Waals surface area (Å²) >= 11 is 0. The number of fused-ring (bicyclic) bond motifs is 2. The highest BCUT2D eigenvalue weighted by Gasteiger charge is 2.56. The number of aryl methyl sites for hydroxylation is 1. The molecule has 3 rings (SSSR count). The molecule has 1 fully saturated rings. The van der Waals surface area contributed by atoms with Crippen LogP contribution in [0.25, 0.3) is 0 Å². The fraction of sp³-hybridized carbons (Fsp3) is 0.875. The molecule has 0 amide bonds. The Balaban J connectivity index is 1.90. The summed E-state index contributed by atoms with van der Waals surface area (Å²) in [6, 6.07) is 0. The molecule has 0 unspecified atom stereocenters. The molecule has 0 aliphatic heterocycles. The summed E-state index contributed by atoms with van der Waals surface area (Å²) in [6.07, 6.45) is 3.62. The van der Waals surface area contributed by atoms with Gasteiger partial charge in [-0.2, -0.15) is 0 Å². The molecule has 3 nitrogen and oxygen atoms in total. The van der Waals surface area contributed by atoms with Gasteiger partial charge in [-0.1, -0.05) is 26.0 Å². The average Bonchev–Trinajstić information content (AvgIpc) is 2.82. The van der Waals surface area contributed by atoms with Gasteiger partial charge in [0, 0.05) is 0 Å². The quantitative estimate of drug-likeness (QED) is 0.716. The van der Waals surface area contributed by atoms with E-state index in [4.69, 9.17) is 0 Å². The zero-order valence-electron chi connectivity index (χ0n) is 13.2. The van der Waals surface area contributed by atoms with Gasteiger partial charge >= 0.3 is 0 Å². The van der Waals surface area contributed by atoms with Gasteiger partial charge in [-0.05, 0) is 63.2 Å². The van der Waals surface area contributed by atoms with Crippen molar-refractivity contribution in [1.82, 2.24) is 15.0 Å². The Hall–Kier alpha value is -0.860. The molecule has 1 saturated carbocycles. The first kappa shape index (κ1) is 13.1. The van der Waals surface area contributed by atoms with E-state index in [0.29, 0.717) is 5.41 Å². The standard InChI is InChI=1S/C16H27N3/c1-15(2,3)14-10-7-8-12-13(9-11(10)14)19(18-17-12)16(4,5)6/h10-11,14H,7-9H2,1-6H3/t10-,11+,14-/m1/s1. The van der Waals surface area contributed by atoms with Crippen LogP contribution in [0, 0.1) is 23.2 Å². The molecule has 0 spiro atoms. The molecule has 0 N–H and O–H groups in total. The maximum atomic E-state index is 4.44. The van der Waals surface area contributed by atoms with Gasteiger partial charge in [0.2, 0.25) is 0 Å². The third-order valence-electron chi connectivity index (χ3n) is 4.95. The first-order valence-electron chi connectivity index (χ1n) is 7.63. The first-order chi connectivity index (χ1) is 8.69. The SMILES string of the molecule is CC(C)(C)[C@@H]1[C@@H]2CCc3nnn(C(C)(C)C)c3C[C@@H]21. The number of hydrogen-bond donors (Lipinski definition) is 0. The van der Waals surface area contributed by atoms with Crippen molar-refractivity contribution in [2.75, 3.05) is 0 Å². The fourth-order valence-electron chi connectivity index (χ4n) is 4.20. The molecule has 3 atom stereocenters. The first-order valence-corrected chi connectivity index (χ1v) is 7.63. The second-order valence-corrected chi connectivity index (χ2v) is 8.53. The van der Waals surface area contributed by atoms with Crippen molar-refractivity contribution < 1.29 is 0 Å². The van der Waals surface area contributed by atoms with Gasteiger partial charge < -0.3 is 0 Å². The van der Waals surface area contributed by atoms with Crippen molar-refractivity contribution >= 4 is 0 Å². The van der Waals surface area contributed by atoms with E-state index in [1.165, 1.54) is 24.2 Å². The van der Waals surface area contributed by atoms with Crippen LogP contribution in [0.4, 0.5) is 0 Å². The van der Waals surface area contributed by atoms with E-state index in [9.17, 15) is 0 Å².